The second kappa shape index (κ2) is 11.5. The van der Waals surface area contributed by atoms with Crippen molar-refractivity contribution in [2.24, 2.45) is 11.7 Å². The van der Waals surface area contributed by atoms with Crippen LogP contribution in [0, 0.1) is 5.92 Å². The van der Waals surface area contributed by atoms with Crippen molar-refractivity contribution in [3.8, 4) is 11.1 Å². The van der Waals surface area contributed by atoms with E-state index >= 15 is 0 Å². The molecule has 2 aromatic rings. The zero-order valence-electron chi connectivity index (χ0n) is 20.1. The number of nitrogens with two attached hydrogens (primary N) is 1. The van der Waals surface area contributed by atoms with E-state index < -0.39 is 35.6 Å². The zero-order valence-corrected chi connectivity index (χ0v) is 20.1. The Bertz CT molecular complexity index is 936. The van der Waals surface area contributed by atoms with Crippen LogP contribution in [-0.2, 0) is 20.7 Å². The molecule has 7 nitrogen and oxygen atoms in total. The van der Waals surface area contributed by atoms with Gasteiger partial charge in [-0.3, -0.25) is 9.59 Å². The molecule has 0 radical (unpaired) electrons. The van der Waals surface area contributed by atoms with E-state index in [1.165, 1.54) is 0 Å². The minimum absolute atomic E-state index is 0.140. The number of primary amides is 1. The lowest BCUT2D eigenvalue weighted by molar-refractivity contribution is -0.129. The first-order valence-electron chi connectivity index (χ1n) is 11.2. The molecule has 0 bridgehead atoms. The van der Waals surface area contributed by atoms with Crippen molar-refractivity contribution in [2.45, 2.75) is 65.1 Å². The van der Waals surface area contributed by atoms with Crippen LogP contribution >= 0.6 is 0 Å². The van der Waals surface area contributed by atoms with Crippen molar-refractivity contribution in [2.75, 3.05) is 0 Å². The van der Waals surface area contributed by atoms with Crippen LogP contribution in [0.5, 0.6) is 0 Å². The predicted octanol–water partition coefficient (Wildman–Crippen LogP) is 3.81. The minimum atomic E-state index is -0.937. The molecule has 1 unspecified atom stereocenters. The molecular formula is C26H35N3O4. The van der Waals surface area contributed by atoms with Gasteiger partial charge in [-0.2, -0.15) is 0 Å². The van der Waals surface area contributed by atoms with E-state index in [0.717, 1.165) is 16.7 Å². The molecule has 33 heavy (non-hydrogen) atoms. The van der Waals surface area contributed by atoms with Crippen LogP contribution in [0.25, 0.3) is 11.1 Å². The van der Waals surface area contributed by atoms with Gasteiger partial charge in [-0.1, -0.05) is 74.9 Å². The maximum Gasteiger partial charge on any atom is 0.408 e. The lowest BCUT2D eigenvalue weighted by atomic mass is 9.97. The van der Waals surface area contributed by atoms with Crippen molar-refractivity contribution < 1.29 is 19.1 Å². The first-order valence-corrected chi connectivity index (χ1v) is 11.2. The summed E-state index contributed by atoms with van der Waals surface area (Å²) >= 11 is 0. The Morgan fingerprint density at radius 2 is 1.52 bits per heavy atom. The molecule has 0 saturated carbocycles. The van der Waals surface area contributed by atoms with Crippen LogP contribution in [-0.4, -0.2) is 35.6 Å². The molecule has 3 amide bonds. The van der Waals surface area contributed by atoms with Gasteiger partial charge in [0.25, 0.3) is 0 Å². The van der Waals surface area contributed by atoms with Gasteiger partial charge in [0.15, 0.2) is 0 Å². The van der Waals surface area contributed by atoms with Crippen molar-refractivity contribution in [1.82, 2.24) is 10.6 Å². The summed E-state index contributed by atoms with van der Waals surface area (Å²) in [7, 11) is 0. The van der Waals surface area contributed by atoms with Crippen molar-refractivity contribution in [1.29, 1.82) is 0 Å². The number of amides is 3. The third kappa shape index (κ3) is 8.25. The van der Waals surface area contributed by atoms with Gasteiger partial charge >= 0.3 is 6.09 Å². The summed E-state index contributed by atoms with van der Waals surface area (Å²) < 4.78 is 5.33. The largest absolute Gasteiger partial charge is 0.444 e. The number of benzene rings is 2. The van der Waals surface area contributed by atoms with Crippen molar-refractivity contribution in [3.05, 3.63) is 60.2 Å². The molecule has 4 N–H and O–H groups in total. The monoisotopic (exact) mass is 453 g/mol. The number of ether oxygens (including phenoxy) is 1. The number of hydrogen-bond donors (Lipinski definition) is 3. The number of nitrogens with one attached hydrogen (secondary N) is 2. The van der Waals surface area contributed by atoms with E-state index in [1.807, 2.05) is 68.4 Å². The second-order valence-electron chi connectivity index (χ2n) is 9.24. The van der Waals surface area contributed by atoms with Crippen molar-refractivity contribution in [3.63, 3.8) is 0 Å². The summed E-state index contributed by atoms with van der Waals surface area (Å²) in [5.41, 5.74) is 7.78. The summed E-state index contributed by atoms with van der Waals surface area (Å²) in [6, 6.07) is 16.0. The van der Waals surface area contributed by atoms with Gasteiger partial charge in [-0.25, -0.2) is 4.79 Å². The van der Waals surface area contributed by atoms with Crippen LogP contribution in [0.2, 0.25) is 0 Å². The lowest BCUT2D eigenvalue weighted by Gasteiger charge is -2.26. The summed E-state index contributed by atoms with van der Waals surface area (Å²) in [5, 5.41) is 5.35. The van der Waals surface area contributed by atoms with Gasteiger partial charge in [0.05, 0.1) is 0 Å². The van der Waals surface area contributed by atoms with Gasteiger partial charge in [0, 0.05) is 6.42 Å². The molecule has 2 aromatic carbocycles. The highest BCUT2D eigenvalue weighted by Crippen LogP contribution is 2.20. The standard InChI is InChI=1S/C26H35N3O4/c1-6-17(2)22(23(27)30)29-24(31)21(28-25(32)33-26(3,4)5)16-18-12-14-20(15-13-18)19-10-8-7-9-11-19/h7-15,17,21-22H,6,16H2,1-5H3,(H2,27,30)(H,28,32)(H,29,31)/t17-,21?,22-/m0/s1. The maximum atomic E-state index is 13.1. The summed E-state index contributed by atoms with van der Waals surface area (Å²) in [6.07, 6.45) is 0.188. The highest BCUT2D eigenvalue weighted by molar-refractivity contribution is 5.91. The molecule has 3 atom stereocenters. The zero-order chi connectivity index (χ0) is 24.6. The van der Waals surface area contributed by atoms with Crippen LogP contribution in [0.1, 0.15) is 46.6 Å². The number of carbonyl (C=O) groups excluding carboxylic acids is 3. The van der Waals surface area contributed by atoms with Crippen LogP contribution in [0.15, 0.2) is 54.6 Å². The van der Waals surface area contributed by atoms with Crippen LogP contribution < -0.4 is 16.4 Å². The molecular weight excluding hydrogens is 418 g/mol. The molecule has 0 heterocycles. The Balaban J connectivity index is 2.21. The van der Waals surface area contributed by atoms with E-state index in [0.29, 0.717) is 6.42 Å². The molecule has 0 aliphatic rings. The Morgan fingerprint density at radius 1 is 0.939 bits per heavy atom. The lowest BCUT2D eigenvalue weighted by Crippen LogP contribution is -2.56. The van der Waals surface area contributed by atoms with Gasteiger partial charge in [-0.05, 0) is 43.4 Å². The maximum absolute atomic E-state index is 13.1. The second-order valence-corrected chi connectivity index (χ2v) is 9.24. The average molecular weight is 454 g/mol. The number of carbonyl (C=O) groups is 3. The van der Waals surface area contributed by atoms with Crippen molar-refractivity contribution >= 4 is 17.9 Å². The molecule has 178 valence electrons. The summed E-state index contributed by atoms with van der Waals surface area (Å²) in [6.45, 7) is 8.99. The highest BCUT2D eigenvalue weighted by atomic mass is 16.6. The molecule has 0 saturated heterocycles. The fraction of sp³-hybridized carbons (Fsp3) is 0.423. The third-order valence-electron chi connectivity index (χ3n) is 5.33. The van der Waals surface area contributed by atoms with Gasteiger partial charge in [0.1, 0.15) is 17.7 Å². The highest BCUT2D eigenvalue weighted by Gasteiger charge is 2.30. The number of hydrogen-bond acceptors (Lipinski definition) is 4. The average Bonchev–Trinajstić information content (AvgIpc) is 2.76. The quantitative estimate of drug-likeness (QED) is 0.536. The summed E-state index contributed by atoms with van der Waals surface area (Å²) in [5.74, 6) is -1.24. The van der Waals surface area contributed by atoms with Crippen LogP contribution in [0.4, 0.5) is 4.79 Å². The smallest absolute Gasteiger partial charge is 0.408 e. The van der Waals surface area contributed by atoms with Gasteiger partial charge in [-0.15, -0.1) is 0 Å². The molecule has 0 aliphatic carbocycles. The molecule has 0 fully saturated rings. The van der Waals surface area contributed by atoms with Crippen LogP contribution in [0.3, 0.4) is 0 Å². The Morgan fingerprint density at radius 3 is 2.03 bits per heavy atom. The molecule has 7 heteroatoms. The number of alkyl carbamates (subject to hydrolysis) is 1. The molecule has 0 aromatic heterocycles. The fourth-order valence-electron chi connectivity index (χ4n) is 3.34. The first-order chi connectivity index (χ1) is 15.5. The Labute approximate surface area is 196 Å². The Kier molecular flexibility index (Phi) is 9.02. The van der Waals surface area contributed by atoms with E-state index in [2.05, 4.69) is 10.6 Å². The molecule has 0 aliphatic heterocycles. The normalized spacial score (nSPS) is 14.0. The SMILES string of the molecule is CC[C@H](C)[C@H](NC(=O)C(Cc1ccc(-c2ccccc2)cc1)NC(=O)OC(C)(C)C)C(N)=O. The van der Waals surface area contributed by atoms with Gasteiger partial charge < -0.3 is 21.1 Å². The van der Waals surface area contributed by atoms with E-state index in [4.69, 9.17) is 10.5 Å². The Hall–Kier alpha value is -3.35. The van der Waals surface area contributed by atoms with E-state index in [1.54, 1.807) is 20.8 Å². The molecule has 0 spiro atoms. The number of rotatable bonds is 9. The predicted molar refractivity (Wildman–Crippen MR) is 129 cm³/mol. The topological polar surface area (TPSA) is 111 Å². The summed E-state index contributed by atoms with van der Waals surface area (Å²) in [4.78, 5) is 37.4. The minimum Gasteiger partial charge on any atom is -0.444 e. The molecule has 2 rings (SSSR count). The van der Waals surface area contributed by atoms with E-state index in [-0.39, 0.29) is 12.3 Å². The van der Waals surface area contributed by atoms with E-state index in [9.17, 15) is 14.4 Å². The fourth-order valence-corrected chi connectivity index (χ4v) is 3.34. The van der Waals surface area contributed by atoms with Gasteiger partial charge in [0.2, 0.25) is 11.8 Å². The first kappa shape index (κ1) is 25.9. The third-order valence-corrected chi connectivity index (χ3v) is 5.33.